The smallest absolute Gasteiger partial charge is 0.292 e. The van der Waals surface area contributed by atoms with Crippen molar-refractivity contribution >= 4 is 34.8 Å². The number of thioether (sulfide) groups is 1. The van der Waals surface area contributed by atoms with Gasteiger partial charge in [0.1, 0.15) is 17.3 Å². The van der Waals surface area contributed by atoms with Gasteiger partial charge < -0.3 is 16.8 Å². The number of anilines is 3. The predicted octanol–water partition coefficient (Wildman–Crippen LogP) is 1.88. The molecule has 0 saturated carbocycles. The Labute approximate surface area is 125 Å². The van der Waals surface area contributed by atoms with E-state index in [0.717, 1.165) is 5.56 Å². The van der Waals surface area contributed by atoms with E-state index >= 15 is 0 Å². The molecule has 1 aromatic carbocycles. The lowest BCUT2D eigenvalue weighted by Gasteiger charge is -2.06. The van der Waals surface area contributed by atoms with Gasteiger partial charge >= 0.3 is 0 Å². The Balaban J connectivity index is 2.16. The Morgan fingerprint density at radius 2 is 1.95 bits per heavy atom. The molecule has 9 heteroatoms. The predicted molar refractivity (Wildman–Crippen MR) is 83.1 cm³/mol. The Morgan fingerprint density at radius 3 is 2.52 bits per heavy atom. The summed E-state index contributed by atoms with van der Waals surface area (Å²) < 4.78 is 0. The van der Waals surface area contributed by atoms with Crippen molar-refractivity contribution in [1.29, 1.82) is 0 Å². The van der Waals surface area contributed by atoms with Crippen molar-refractivity contribution in [3.63, 3.8) is 0 Å². The van der Waals surface area contributed by atoms with Gasteiger partial charge in [-0.2, -0.15) is 0 Å². The van der Waals surface area contributed by atoms with E-state index in [1.165, 1.54) is 23.9 Å². The molecule has 2 rings (SSSR count). The van der Waals surface area contributed by atoms with Gasteiger partial charge in [-0.25, -0.2) is 9.97 Å². The second kappa shape index (κ2) is 6.27. The van der Waals surface area contributed by atoms with Crippen molar-refractivity contribution in [1.82, 2.24) is 9.97 Å². The van der Waals surface area contributed by atoms with Crippen LogP contribution in [0.2, 0.25) is 0 Å². The number of nitrogens with two attached hydrogens (primary N) is 2. The topological polar surface area (TPSA) is 133 Å². The summed E-state index contributed by atoms with van der Waals surface area (Å²) >= 11 is 1.31. The molecule has 2 aromatic rings. The molecule has 8 nitrogen and oxygen atoms in total. The number of rotatable bonds is 5. The third-order valence-corrected chi connectivity index (χ3v) is 3.56. The van der Waals surface area contributed by atoms with Crippen LogP contribution < -0.4 is 16.8 Å². The van der Waals surface area contributed by atoms with Crippen LogP contribution in [0.4, 0.5) is 23.0 Å². The Hall–Kier alpha value is -2.55. The maximum absolute atomic E-state index is 11.0. The number of aromatic nitrogens is 2. The summed E-state index contributed by atoms with van der Waals surface area (Å²) in [6.45, 7) is 0. The van der Waals surface area contributed by atoms with Gasteiger partial charge in [0.25, 0.3) is 5.69 Å². The van der Waals surface area contributed by atoms with Gasteiger partial charge in [0.15, 0.2) is 5.16 Å². The van der Waals surface area contributed by atoms with Crippen LogP contribution in [0.5, 0.6) is 0 Å². The van der Waals surface area contributed by atoms with Crippen molar-refractivity contribution in [2.45, 2.75) is 10.9 Å². The quantitative estimate of drug-likeness (QED) is 0.330. The van der Waals surface area contributed by atoms with Crippen LogP contribution in [0.1, 0.15) is 5.56 Å². The zero-order valence-electron chi connectivity index (χ0n) is 11.2. The Morgan fingerprint density at radius 1 is 1.29 bits per heavy atom. The van der Waals surface area contributed by atoms with Crippen LogP contribution in [0.15, 0.2) is 29.4 Å². The normalized spacial score (nSPS) is 10.3. The van der Waals surface area contributed by atoms with Crippen LogP contribution in [0.25, 0.3) is 0 Å². The molecule has 0 saturated heterocycles. The summed E-state index contributed by atoms with van der Waals surface area (Å²) in [5, 5.41) is 14.2. The van der Waals surface area contributed by atoms with E-state index in [2.05, 4.69) is 15.3 Å². The Kier molecular flexibility index (Phi) is 4.43. The lowest BCUT2D eigenvalue weighted by molar-refractivity contribution is -0.384. The number of nitrogens with one attached hydrogen (secondary N) is 1. The molecule has 0 atom stereocenters. The number of nitro groups is 1. The van der Waals surface area contributed by atoms with Gasteiger partial charge in [-0.3, -0.25) is 10.1 Å². The molecule has 1 aromatic heterocycles. The van der Waals surface area contributed by atoms with Crippen molar-refractivity contribution in [2.24, 2.45) is 0 Å². The maximum atomic E-state index is 11.0. The summed E-state index contributed by atoms with van der Waals surface area (Å²) in [6.07, 6.45) is 0. The molecule has 0 fully saturated rings. The van der Waals surface area contributed by atoms with E-state index in [4.69, 9.17) is 11.5 Å². The first-order valence-corrected chi connectivity index (χ1v) is 6.96. The molecule has 110 valence electrons. The average molecular weight is 306 g/mol. The fourth-order valence-electron chi connectivity index (χ4n) is 1.70. The number of nitro benzene ring substituents is 1. The molecule has 1 heterocycles. The monoisotopic (exact) mass is 306 g/mol. The van der Waals surface area contributed by atoms with Crippen LogP contribution in [0.3, 0.4) is 0 Å². The highest BCUT2D eigenvalue weighted by molar-refractivity contribution is 7.98. The molecule has 0 amide bonds. The van der Waals surface area contributed by atoms with Gasteiger partial charge in [-0.05, 0) is 11.6 Å². The highest BCUT2D eigenvalue weighted by atomic mass is 32.2. The first kappa shape index (κ1) is 14.9. The van der Waals surface area contributed by atoms with Crippen LogP contribution in [0, 0.1) is 10.1 Å². The van der Waals surface area contributed by atoms with E-state index < -0.39 is 4.92 Å². The van der Waals surface area contributed by atoms with Gasteiger partial charge in [0, 0.05) is 24.9 Å². The molecule has 0 aliphatic heterocycles. The highest BCUT2D eigenvalue weighted by Gasteiger charge is 2.13. The van der Waals surface area contributed by atoms with Gasteiger partial charge in [-0.15, -0.1) is 0 Å². The van der Waals surface area contributed by atoms with E-state index in [1.54, 1.807) is 13.1 Å². The van der Waals surface area contributed by atoms with E-state index in [9.17, 15) is 10.1 Å². The molecule has 0 unspecified atom stereocenters. The van der Waals surface area contributed by atoms with Gasteiger partial charge in [0.05, 0.1) is 4.92 Å². The Bertz CT molecular complexity index is 659. The van der Waals surface area contributed by atoms with E-state index in [-0.39, 0.29) is 5.69 Å². The first-order valence-electron chi connectivity index (χ1n) is 5.97. The molecule has 0 bridgehead atoms. The number of hydrogen-bond donors (Lipinski definition) is 3. The zero-order chi connectivity index (χ0) is 15.4. The zero-order valence-corrected chi connectivity index (χ0v) is 12.1. The summed E-state index contributed by atoms with van der Waals surface area (Å²) in [7, 11) is 1.64. The number of benzene rings is 1. The lowest BCUT2D eigenvalue weighted by atomic mass is 10.2. The van der Waals surface area contributed by atoms with Crippen molar-refractivity contribution < 1.29 is 4.92 Å². The number of nitrogens with zero attached hydrogens (tertiary/aromatic N) is 3. The summed E-state index contributed by atoms with van der Waals surface area (Å²) in [5.74, 6) is 1.07. The van der Waals surface area contributed by atoms with Crippen LogP contribution in [-0.4, -0.2) is 21.9 Å². The van der Waals surface area contributed by atoms with Crippen molar-refractivity contribution in [3.8, 4) is 0 Å². The molecule has 21 heavy (non-hydrogen) atoms. The second-order valence-electron chi connectivity index (χ2n) is 4.15. The van der Waals surface area contributed by atoms with E-state index in [0.29, 0.717) is 28.2 Å². The minimum atomic E-state index is -0.422. The minimum Gasteiger partial charge on any atom is -0.383 e. The molecule has 0 spiro atoms. The molecule has 5 N–H and O–H groups in total. The highest BCUT2D eigenvalue weighted by Crippen LogP contribution is 2.28. The fourth-order valence-corrected chi connectivity index (χ4v) is 2.52. The van der Waals surface area contributed by atoms with E-state index in [1.807, 2.05) is 6.07 Å². The fraction of sp³-hybridized carbons (Fsp3) is 0.167. The van der Waals surface area contributed by atoms with Crippen molar-refractivity contribution in [2.75, 3.05) is 23.8 Å². The molecule has 0 radical (unpaired) electrons. The van der Waals surface area contributed by atoms with Crippen LogP contribution >= 0.6 is 11.8 Å². The maximum Gasteiger partial charge on any atom is 0.292 e. The van der Waals surface area contributed by atoms with Gasteiger partial charge in [0.2, 0.25) is 0 Å². The van der Waals surface area contributed by atoms with Crippen LogP contribution in [-0.2, 0) is 5.75 Å². The standard InChI is InChI=1S/C12H14N6O2S/c1-15-8-3-2-7(4-9(8)18(19)20)6-21-12-16-10(13)5-11(14)17-12/h2-5,15H,6H2,1H3,(H4,13,14,16,17). The third-order valence-electron chi connectivity index (χ3n) is 2.64. The SMILES string of the molecule is CNc1ccc(CSc2nc(N)cc(N)n2)cc1[N+](=O)[O-]. The summed E-state index contributed by atoms with van der Waals surface area (Å²) in [4.78, 5) is 18.7. The third kappa shape index (κ3) is 3.72. The molecule has 0 aliphatic rings. The molecule has 0 aliphatic carbocycles. The summed E-state index contributed by atoms with van der Waals surface area (Å²) in [5.41, 5.74) is 12.5. The molecular weight excluding hydrogens is 292 g/mol. The second-order valence-corrected chi connectivity index (χ2v) is 5.09. The first-order chi connectivity index (χ1) is 9.99. The number of nitrogen functional groups attached to an aromatic ring is 2. The van der Waals surface area contributed by atoms with Gasteiger partial charge in [-0.1, -0.05) is 17.8 Å². The van der Waals surface area contributed by atoms with Crippen molar-refractivity contribution in [3.05, 3.63) is 39.9 Å². The average Bonchev–Trinajstić information content (AvgIpc) is 2.43. The minimum absolute atomic E-state index is 0.0311. The number of hydrogen-bond acceptors (Lipinski definition) is 8. The molecular formula is C12H14N6O2S. The summed E-state index contributed by atoms with van der Waals surface area (Å²) in [6, 6.07) is 6.47. The largest absolute Gasteiger partial charge is 0.383 e. The lowest BCUT2D eigenvalue weighted by Crippen LogP contribution is -2.00.